The SMILES string of the molecule is CN1N=C(C(=O)NC2CCCC2(C)C(=O)O)CCC1=O. The van der Waals surface area contributed by atoms with Gasteiger partial charge in [-0.25, -0.2) is 5.01 Å². The number of aliphatic carboxylic acids is 1. The molecule has 2 aliphatic rings. The van der Waals surface area contributed by atoms with Crippen LogP contribution >= 0.6 is 0 Å². The topological polar surface area (TPSA) is 99.1 Å². The van der Waals surface area contributed by atoms with Gasteiger partial charge in [-0.2, -0.15) is 5.10 Å². The number of rotatable bonds is 3. The summed E-state index contributed by atoms with van der Waals surface area (Å²) in [6, 6.07) is -0.391. The van der Waals surface area contributed by atoms with Crippen molar-refractivity contribution in [2.45, 2.75) is 45.1 Å². The second-order valence-corrected chi connectivity index (χ2v) is 5.60. The van der Waals surface area contributed by atoms with Crippen LogP contribution in [0.2, 0.25) is 0 Å². The third-order valence-electron chi connectivity index (χ3n) is 4.22. The molecule has 110 valence electrons. The van der Waals surface area contributed by atoms with Crippen molar-refractivity contribution in [1.29, 1.82) is 0 Å². The van der Waals surface area contributed by atoms with Crippen LogP contribution in [-0.4, -0.2) is 46.7 Å². The molecule has 2 atom stereocenters. The van der Waals surface area contributed by atoms with Crippen molar-refractivity contribution >= 4 is 23.5 Å². The Morgan fingerprint density at radius 2 is 2.15 bits per heavy atom. The lowest BCUT2D eigenvalue weighted by Gasteiger charge is -2.28. The standard InChI is InChI=1S/C13H19N3O4/c1-13(12(19)20)7-3-4-9(13)14-11(18)8-5-6-10(17)16(2)15-8/h9H,3-7H2,1-2H3,(H,14,18)(H,19,20). The van der Waals surface area contributed by atoms with E-state index in [1.807, 2.05) is 0 Å². The first kappa shape index (κ1) is 14.5. The molecule has 2 N–H and O–H groups in total. The van der Waals surface area contributed by atoms with E-state index in [2.05, 4.69) is 10.4 Å². The Morgan fingerprint density at radius 3 is 2.75 bits per heavy atom. The van der Waals surface area contributed by atoms with Gasteiger partial charge in [0.05, 0.1) is 5.41 Å². The Balaban J connectivity index is 2.07. The highest BCUT2D eigenvalue weighted by molar-refractivity contribution is 6.39. The van der Waals surface area contributed by atoms with Crippen LogP contribution in [0.25, 0.3) is 0 Å². The van der Waals surface area contributed by atoms with E-state index in [-0.39, 0.29) is 23.9 Å². The predicted molar refractivity (Wildman–Crippen MR) is 71.0 cm³/mol. The van der Waals surface area contributed by atoms with Crippen LogP contribution < -0.4 is 5.32 Å². The number of carbonyl (C=O) groups is 3. The molecule has 0 spiro atoms. The number of amides is 2. The number of carboxylic acid groups (broad SMARTS) is 1. The Morgan fingerprint density at radius 1 is 1.45 bits per heavy atom. The fourth-order valence-electron chi connectivity index (χ4n) is 2.73. The van der Waals surface area contributed by atoms with E-state index in [0.29, 0.717) is 19.3 Å². The van der Waals surface area contributed by atoms with Crippen LogP contribution in [0.3, 0.4) is 0 Å². The number of nitrogens with one attached hydrogen (secondary N) is 1. The molecule has 7 nitrogen and oxygen atoms in total. The van der Waals surface area contributed by atoms with Crippen LogP contribution in [0.15, 0.2) is 5.10 Å². The summed E-state index contributed by atoms with van der Waals surface area (Å²) in [5.41, 5.74) is -0.640. The second kappa shape index (κ2) is 5.22. The van der Waals surface area contributed by atoms with Crippen molar-refractivity contribution in [1.82, 2.24) is 10.3 Å². The lowest BCUT2D eigenvalue weighted by Crippen LogP contribution is -2.49. The summed E-state index contributed by atoms with van der Waals surface area (Å²) in [7, 11) is 1.51. The highest BCUT2D eigenvalue weighted by Gasteiger charge is 2.46. The fourth-order valence-corrected chi connectivity index (χ4v) is 2.73. The fraction of sp³-hybridized carbons (Fsp3) is 0.692. The monoisotopic (exact) mass is 281 g/mol. The van der Waals surface area contributed by atoms with E-state index in [0.717, 1.165) is 11.4 Å². The Hall–Kier alpha value is -1.92. The molecular formula is C13H19N3O4. The molecule has 0 bridgehead atoms. The maximum absolute atomic E-state index is 12.1. The number of hydrogen-bond acceptors (Lipinski definition) is 4. The van der Waals surface area contributed by atoms with Crippen molar-refractivity contribution in [3.05, 3.63) is 0 Å². The molecule has 2 rings (SSSR count). The molecule has 20 heavy (non-hydrogen) atoms. The third kappa shape index (κ3) is 2.52. The number of hydrazone groups is 1. The van der Waals surface area contributed by atoms with Gasteiger partial charge in [-0.05, 0) is 19.8 Å². The number of nitrogens with zero attached hydrogens (tertiary/aromatic N) is 2. The highest BCUT2D eigenvalue weighted by atomic mass is 16.4. The van der Waals surface area contributed by atoms with Crippen molar-refractivity contribution in [3.8, 4) is 0 Å². The van der Waals surface area contributed by atoms with Gasteiger partial charge in [0.25, 0.3) is 5.91 Å². The molecule has 1 aliphatic carbocycles. The maximum atomic E-state index is 12.1. The van der Waals surface area contributed by atoms with Crippen molar-refractivity contribution in [2.24, 2.45) is 10.5 Å². The summed E-state index contributed by atoms with van der Waals surface area (Å²) in [4.78, 5) is 34.8. The Bertz CT molecular complexity index is 488. The van der Waals surface area contributed by atoms with Gasteiger partial charge in [-0.15, -0.1) is 0 Å². The first-order valence-electron chi connectivity index (χ1n) is 6.73. The van der Waals surface area contributed by atoms with Crippen molar-refractivity contribution in [2.75, 3.05) is 7.05 Å². The van der Waals surface area contributed by atoms with Gasteiger partial charge >= 0.3 is 5.97 Å². The number of hydrogen-bond donors (Lipinski definition) is 2. The van der Waals surface area contributed by atoms with Gasteiger partial charge in [0.2, 0.25) is 5.91 Å². The molecule has 0 radical (unpaired) electrons. The molecule has 1 aliphatic heterocycles. The van der Waals surface area contributed by atoms with Gasteiger partial charge in [-0.1, -0.05) is 6.42 Å². The van der Waals surface area contributed by atoms with Crippen LogP contribution in [0.1, 0.15) is 39.0 Å². The molecule has 2 unspecified atom stereocenters. The van der Waals surface area contributed by atoms with Crippen molar-refractivity contribution in [3.63, 3.8) is 0 Å². The van der Waals surface area contributed by atoms with E-state index >= 15 is 0 Å². The smallest absolute Gasteiger partial charge is 0.311 e. The van der Waals surface area contributed by atoms with Crippen LogP contribution in [0, 0.1) is 5.41 Å². The zero-order chi connectivity index (χ0) is 14.9. The molecule has 2 amide bonds. The zero-order valence-corrected chi connectivity index (χ0v) is 11.7. The number of carboxylic acids is 1. The summed E-state index contributed by atoms with van der Waals surface area (Å²) in [6.45, 7) is 1.66. The Kier molecular flexibility index (Phi) is 3.78. The molecule has 0 aromatic rings. The zero-order valence-electron chi connectivity index (χ0n) is 11.7. The molecular weight excluding hydrogens is 262 g/mol. The first-order valence-corrected chi connectivity index (χ1v) is 6.73. The summed E-state index contributed by atoms with van der Waals surface area (Å²) in [5, 5.41) is 17.2. The summed E-state index contributed by atoms with van der Waals surface area (Å²) < 4.78 is 0. The van der Waals surface area contributed by atoms with Crippen LogP contribution in [0.5, 0.6) is 0 Å². The summed E-state index contributed by atoms with van der Waals surface area (Å²) in [5.74, 6) is -1.39. The molecule has 7 heteroatoms. The normalized spacial score (nSPS) is 30.1. The molecule has 1 saturated carbocycles. The highest BCUT2D eigenvalue weighted by Crippen LogP contribution is 2.38. The van der Waals surface area contributed by atoms with E-state index < -0.39 is 17.4 Å². The minimum Gasteiger partial charge on any atom is -0.481 e. The van der Waals surface area contributed by atoms with Gasteiger partial charge in [0.1, 0.15) is 5.71 Å². The van der Waals surface area contributed by atoms with Gasteiger partial charge in [0, 0.05) is 25.9 Å². The lowest BCUT2D eigenvalue weighted by molar-refractivity contribution is -0.148. The molecule has 0 saturated heterocycles. The largest absolute Gasteiger partial charge is 0.481 e. The molecule has 1 fully saturated rings. The molecule has 0 aromatic carbocycles. The third-order valence-corrected chi connectivity index (χ3v) is 4.22. The van der Waals surface area contributed by atoms with Crippen LogP contribution in [0.4, 0.5) is 0 Å². The van der Waals surface area contributed by atoms with E-state index in [1.165, 1.54) is 7.05 Å². The second-order valence-electron chi connectivity index (χ2n) is 5.60. The molecule has 0 aromatic heterocycles. The predicted octanol–water partition coefficient (Wildman–Crippen LogP) is 0.354. The van der Waals surface area contributed by atoms with E-state index in [4.69, 9.17) is 0 Å². The van der Waals surface area contributed by atoms with E-state index in [9.17, 15) is 19.5 Å². The van der Waals surface area contributed by atoms with Crippen LogP contribution in [-0.2, 0) is 14.4 Å². The van der Waals surface area contributed by atoms with Gasteiger partial charge in [0.15, 0.2) is 0 Å². The van der Waals surface area contributed by atoms with E-state index in [1.54, 1.807) is 6.92 Å². The quantitative estimate of drug-likeness (QED) is 0.780. The van der Waals surface area contributed by atoms with Gasteiger partial charge in [-0.3, -0.25) is 14.4 Å². The first-order chi connectivity index (χ1) is 9.34. The summed E-state index contributed by atoms with van der Waals surface area (Å²) >= 11 is 0. The minimum absolute atomic E-state index is 0.127. The average Bonchev–Trinajstić information content (AvgIpc) is 2.75. The molecule has 1 heterocycles. The lowest BCUT2D eigenvalue weighted by atomic mass is 9.85. The minimum atomic E-state index is -0.924. The Labute approximate surface area is 117 Å². The average molecular weight is 281 g/mol. The number of carbonyl (C=O) groups excluding carboxylic acids is 2. The maximum Gasteiger partial charge on any atom is 0.311 e. The van der Waals surface area contributed by atoms with Gasteiger partial charge < -0.3 is 10.4 Å². The van der Waals surface area contributed by atoms with Crippen molar-refractivity contribution < 1.29 is 19.5 Å². The summed E-state index contributed by atoms with van der Waals surface area (Å²) in [6.07, 6.45) is 2.53.